The van der Waals surface area contributed by atoms with E-state index in [-0.39, 0.29) is 30.0 Å². The summed E-state index contributed by atoms with van der Waals surface area (Å²) in [5, 5.41) is 0. The van der Waals surface area contributed by atoms with E-state index in [9.17, 15) is 22.8 Å². The van der Waals surface area contributed by atoms with Crippen molar-refractivity contribution in [3.8, 4) is 0 Å². The average molecular weight is 535 g/mol. The Bertz CT molecular complexity index is 1350. The van der Waals surface area contributed by atoms with Gasteiger partial charge in [0.25, 0.3) is 0 Å². The van der Waals surface area contributed by atoms with Crippen LogP contribution >= 0.6 is 0 Å². The number of carbonyl (C=O) groups excluding carboxylic acids is 2. The zero-order valence-corrected chi connectivity index (χ0v) is 22.3. The van der Waals surface area contributed by atoms with Crippen molar-refractivity contribution in [2.75, 3.05) is 26.7 Å². The molecule has 0 aromatic heterocycles. The first-order valence-electron chi connectivity index (χ1n) is 13.4. The van der Waals surface area contributed by atoms with Gasteiger partial charge in [-0.2, -0.15) is 0 Å². The average Bonchev–Trinajstić information content (AvgIpc) is 3.66. The third-order valence-electron chi connectivity index (χ3n) is 8.79. The van der Waals surface area contributed by atoms with Gasteiger partial charge in [-0.1, -0.05) is 48.5 Å². The van der Waals surface area contributed by atoms with Crippen LogP contribution in [0.4, 0.5) is 13.2 Å². The number of benzene rings is 3. The van der Waals surface area contributed by atoms with Gasteiger partial charge in [-0.3, -0.25) is 9.59 Å². The van der Waals surface area contributed by atoms with Gasteiger partial charge in [-0.05, 0) is 86.1 Å². The Morgan fingerprint density at radius 2 is 1.56 bits per heavy atom. The van der Waals surface area contributed by atoms with Crippen LogP contribution < -0.4 is 0 Å². The lowest BCUT2D eigenvalue weighted by atomic mass is 9.70. The molecule has 3 aromatic rings. The molecule has 0 spiro atoms. The van der Waals surface area contributed by atoms with Crippen LogP contribution in [0, 0.1) is 23.4 Å². The van der Waals surface area contributed by atoms with Crippen molar-refractivity contribution in [1.29, 1.82) is 0 Å². The van der Waals surface area contributed by atoms with Crippen LogP contribution in [0.5, 0.6) is 0 Å². The number of hydrogen-bond donors (Lipinski definition) is 0. The zero-order chi connectivity index (χ0) is 27.8. The van der Waals surface area contributed by atoms with Crippen molar-refractivity contribution in [2.45, 2.75) is 43.6 Å². The van der Waals surface area contributed by atoms with Gasteiger partial charge in [0.2, 0.25) is 5.91 Å². The van der Waals surface area contributed by atoms with Crippen LogP contribution in [0.2, 0.25) is 0 Å². The van der Waals surface area contributed by atoms with Gasteiger partial charge in [-0.25, -0.2) is 13.2 Å². The van der Waals surface area contributed by atoms with Crippen molar-refractivity contribution in [1.82, 2.24) is 9.80 Å². The third-order valence-corrected chi connectivity index (χ3v) is 8.79. The lowest BCUT2D eigenvalue weighted by Gasteiger charge is -2.41. The minimum atomic E-state index is -0.974. The lowest BCUT2D eigenvalue weighted by molar-refractivity contribution is -0.133. The minimum Gasteiger partial charge on any atom is -0.341 e. The molecule has 2 atom stereocenters. The number of hydrogen-bond acceptors (Lipinski definition) is 3. The second kappa shape index (κ2) is 10.6. The van der Waals surface area contributed by atoms with E-state index in [1.807, 2.05) is 30.3 Å². The van der Waals surface area contributed by atoms with Crippen LogP contribution in [-0.4, -0.2) is 48.2 Å². The highest BCUT2D eigenvalue weighted by Crippen LogP contribution is 2.56. The molecule has 2 fully saturated rings. The van der Waals surface area contributed by atoms with Gasteiger partial charge < -0.3 is 9.80 Å². The second-order valence-corrected chi connectivity index (χ2v) is 11.1. The van der Waals surface area contributed by atoms with E-state index in [1.54, 1.807) is 31.0 Å². The zero-order valence-electron chi connectivity index (χ0n) is 22.3. The van der Waals surface area contributed by atoms with E-state index in [0.717, 1.165) is 23.3 Å². The molecule has 1 aliphatic heterocycles. The normalized spacial score (nSPS) is 22.3. The second-order valence-electron chi connectivity index (χ2n) is 11.1. The number of piperidine rings is 1. The summed E-state index contributed by atoms with van der Waals surface area (Å²) in [4.78, 5) is 30.6. The molecule has 1 amide bonds. The highest BCUT2D eigenvalue weighted by atomic mass is 19.2. The third kappa shape index (κ3) is 5.12. The number of rotatable bonds is 8. The van der Waals surface area contributed by atoms with Crippen molar-refractivity contribution >= 4 is 11.7 Å². The predicted octanol–water partition coefficient (Wildman–Crippen LogP) is 5.64. The Hall–Kier alpha value is -3.45. The molecule has 0 N–H and O–H groups in total. The molecular weight excluding hydrogens is 501 g/mol. The van der Waals surface area contributed by atoms with Gasteiger partial charge in [0.15, 0.2) is 11.6 Å². The maximum absolute atomic E-state index is 14.3. The molecule has 7 heteroatoms. The number of halogens is 3. The summed E-state index contributed by atoms with van der Waals surface area (Å²) >= 11 is 0. The van der Waals surface area contributed by atoms with E-state index >= 15 is 0 Å². The van der Waals surface area contributed by atoms with Gasteiger partial charge in [0.1, 0.15) is 11.6 Å². The Morgan fingerprint density at radius 3 is 2.18 bits per heavy atom. The number of likely N-dealkylation sites (tertiary alicyclic amines) is 1. The fourth-order valence-corrected chi connectivity index (χ4v) is 6.37. The molecule has 1 aliphatic carbocycles. The van der Waals surface area contributed by atoms with E-state index in [1.165, 1.54) is 18.2 Å². The monoisotopic (exact) mass is 534 g/mol. The van der Waals surface area contributed by atoms with Crippen molar-refractivity contribution in [3.63, 3.8) is 0 Å². The van der Waals surface area contributed by atoms with E-state index in [4.69, 9.17) is 0 Å². The van der Waals surface area contributed by atoms with E-state index in [2.05, 4.69) is 4.90 Å². The number of ketones is 1. The molecule has 2 unspecified atom stereocenters. The summed E-state index contributed by atoms with van der Waals surface area (Å²) < 4.78 is 41.5. The van der Waals surface area contributed by atoms with E-state index in [0.29, 0.717) is 44.5 Å². The number of amides is 1. The molecule has 5 rings (SSSR count). The summed E-state index contributed by atoms with van der Waals surface area (Å²) in [6.45, 7) is 3.97. The van der Waals surface area contributed by atoms with Crippen LogP contribution in [0.25, 0.3) is 0 Å². The Balaban J connectivity index is 1.34. The maximum atomic E-state index is 14.3. The molecule has 0 bridgehead atoms. The Labute approximate surface area is 227 Å². The summed E-state index contributed by atoms with van der Waals surface area (Å²) in [5.74, 6) is -2.35. The quantitative estimate of drug-likeness (QED) is 0.376. The van der Waals surface area contributed by atoms with Crippen LogP contribution in [0.1, 0.15) is 42.9 Å². The van der Waals surface area contributed by atoms with Crippen molar-refractivity contribution < 1.29 is 22.8 Å². The van der Waals surface area contributed by atoms with Crippen LogP contribution in [0.3, 0.4) is 0 Å². The number of likely N-dealkylation sites (N-methyl/N-ethyl adjacent to an activating group) is 1. The molecular formula is C32H33F3N2O2. The Morgan fingerprint density at radius 1 is 0.897 bits per heavy atom. The molecule has 39 heavy (non-hydrogen) atoms. The minimum absolute atomic E-state index is 0.0768. The van der Waals surface area contributed by atoms with Gasteiger partial charge in [-0.15, -0.1) is 0 Å². The summed E-state index contributed by atoms with van der Waals surface area (Å²) in [6, 6.07) is 19.6. The fourth-order valence-electron chi connectivity index (χ4n) is 6.37. The summed E-state index contributed by atoms with van der Waals surface area (Å²) in [5.41, 5.74) is 0.822. The molecule has 3 aromatic carbocycles. The fraction of sp³-hybridized carbons (Fsp3) is 0.375. The van der Waals surface area contributed by atoms with Gasteiger partial charge in [0, 0.05) is 20.1 Å². The first-order chi connectivity index (χ1) is 18.7. The summed E-state index contributed by atoms with van der Waals surface area (Å²) in [6.07, 6.45) is 1.91. The molecule has 0 radical (unpaired) electrons. The molecule has 4 nitrogen and oxygen atoms in total. The number of nitrogens with zero attached hydrogens (tertiary/aromatic N) is 2. The Kier molecular flexibility index (Phi) is 7.38. The number of carbonyl (C=O) groups is 2. The molecule has 1 heterocycles. The molecule has 1 saturated heterocycles. The highest BCUT2D eigenvalue weighted by molar-refractivity contribution is 5.92. The van der Waals surface area contributed by atoms with Crippen molar-refractivity contribution in [2.24, 2.45) is 5.92 Å². The van der Waals surface area contributed by atoms with Crippen LogP contribution in [0.15, 0.2) is 72.8 Å². The molecule has 2 aliphatic rings. The molecule has 1 saturated carbocycles. The highest BCUT2D eigenvalue weighted by Gasteiger charge is 2.62. The van der Waals surface area contributed by atoms with Crippen molar-refractivity contribution in [3.05, 3.63) is 107 Å². The topological polar surface area (TPSA) is 40.6 Å². The van der Waals surface area contributed by atoms with Gasteiger partial charge in [0.05, 0.1) is 10.8 Å². The SMILES string of the molecule is CC(=O)C1(c2ccccc2)CCN(CC2CC2(C(=O)N(C)Cc2ccc(F)cc2)c2ccc(F)c(F)c2)CC1. The first kappa shape index (κ1) is 27.1. The number of Topliss-reactive ketones (excluding diaryl/α,β-unsaturated/α-hetero) is 1. The van der Waals surface area contributed by atoms with Gasteiger partial charge >= 0.3 is 0 Å². The van der Waals surface area contributed by atoms with E-state index < -0.39 is 22.5 Å². The summed E-state index contributed by atoms with van der Waals surface area (Å²) in [7, 11) is 1.69. The lowest BCUT2D eigenvalue weighted by Crippen LogP contribution is -2.47. The maximum Gasteiger partial charge on any atom is 0.233 e. The first-order valence-corrected chi connectivity index (χ1v) is 13.4. The smallest absolute Gasteiger partial charge is 0.233 e. The standard InChI is InChI=1S/C32H33F3N2O2/c1-22(38)31(24-6-4-3-5-7-24)14-16-37(17-15-31)21-26-19-32(26,25-10-13-28(34)29(35)18-25)30(39)36(2)20-23-8-11-27(33)12-9-23/h3-13,18,26H,14-17,19-21H2,1-2H3. The largest absolute Gasteiger partial charge is 0.341 e. The molecule has 204 valence electrons. The van der Waals surface area contributed by atoms with Crippen LogP contribution in [-0.2, 0) is 27.0 Å². The predicted molar refractivity (Wildman–Crippen MR) is 143 cm³/mol.